The van der Waals surface area contributed by atoms with Crippen molar-refractivity contribution in [1.29, 1.82) is 0 Å². The summed E-state index contributed by atoms with van der Waals surface area (Å²) in [4.78, 5) is 0. The van der Waals surface area contributed by atoms with Gasteiger partial charge in [-0.1, -0.05) is 5.16 Å². The number of pyridine rings is 1. The maximum atomic E-state index is 11.9. The minimum atomic E-state index is -4.41. The lowest BCUT2D eigenvalue weighted by Crippen LogP contribution is -2.25. The summed E-state index contributed by atoms with van der Waals surface area (Å²) in [5.41, 5.74) is 0.827. The molecule has 0 aliphatic rings. The molecule has 0 bridgehead atoms. The first-order valence-corrected chi connectivity index (χ1v) is 9.53. The van der Waals surface area contributed by atoms with Crippen molar-refractivity contribution in [2.45, 2.75) is 13.8 Å². The quantitative estimate of drug-likeness (QED) is 0.163. The third-order valence-corrected chi connectivity index (χ3v) is 3.98. The van der Waals surface area contributed by atoms with Crippen LogP contribution in [0.3, 0.4) is 0 Å². The Morgan fingerprint density at radius 1 is 1.25 bits per heavy atom. The minimum absolute atomic E-state index is 0.230. The molecular weight excluding hydrogens is 363 g/mol. The van der Waals surface area contributed by atoms with Crippen LogP contribution in [-0.2, 0) is 39.9 Å². The highest BCUT2D eigenvalue weighted by molar-refractivity contribution is 7.80. The van der Waals surface area contributed by atoms with Crippen LogP contribution in [-0.4, -0.2) is 39.5 Å². The zero-order chi connectivity index (χ0) is 18.6. The molecule has 1 heterocycles. The largest absolute Gasteiger partial charge is 0.726 e. The fourth-order valence-electron chi connectivity index (χ4n) is 1.14. The average molecular weight is 384 g/mol. The lowest BCUT2D eigenvalue weighted by Gasteiger charge is -2.12. The number of nitrogens with zero attached hydrogens (tertiary/aromatic N) is 2. The Labute approximate surface area is 141 Å². The van der Waals surface area contributed by atoms with E-state index in [0.717, 1.165) is 12.7 Å². The van der Waals surface area contributed by atoms with Crippen molar-refractivity contribution in [2.75, 3.05) is 20.3 Å². The Bertz CT molecular complexity index is 638. The first kappa shape index (κ1) is 22.6. The van der Waals surface area contributed by atoms with Crippen molar-refractivity contribution in [3.63, 3.8) is 0 Å². The summed E-state index contributed by atoms with van der Waals surface area (Å²) < 4.78 is 59.4. The van der Waals surface area contributed by atoms with Crippen LogP contribution in [0.2, 0.25) is 0 Å². The lowest BCUT2D eigenvalue weighted by atomic mass is 10.3. The molecule has 138 valence electrons. The maximum Gasteiger partial charge on any atom is 0.550 e. The van der Waals surface area contributed by atoms with Gasteiger partial charge < -0.3 is 4.55 Å². The van der Waals surface area contributed by atoms with Crippen molar-refractivity contribution in [2.24, 2.45) is 12.2 Å². The van der Waals surface area contributed by atoms with Crippen molar-refractivity contribution in [3.05, 3.63) is 30.1 Å². The molecule has 0 atom stereocenters. The Balaban J connectivity index is 0.000000754. The third kappa shape index (κ3) is 11.2. The molecule has 0 radical (unpaired) electrons. The van der Waals surface area contributed by atoms with Crippen LogP contribution in [0, 0.1) is 0 Å². The summed E-state index contributed by atoms with van der Waals surface area (Å²) in [5, 5.41) is 3.63. The average Bonchev–Trinajstić information content (AvgIpc) is 2.50. The molecule has 0 aliphatic heterocycles. The maximum absolute atomic E-state index is 11.9. The zero-order valence-corrected chi connectivity index (χ0v) is 15.5. The van der Waals surface area contributed by atoms with Crippen LogP contribution >= 0.6 is 7.82 Å². The summed E-state index contributed by atoms with van der Waals surface area (Å²) in [6.45, 7) is 3.87. The Hall–Kier alpha value is -1.36. The third-order valence-electron chi connectivity index (χ3n) is 2.13. The second-order valence-corrected chi connectivity index (χ2v) is 6.69. The van der Waals surface area contributed by atoms with Crippen LogP contribution in [0.4, 0.5) is 0 Å². The first-order valence-electron chi connectivity index (χ1n) is 6.73. The van der Waals surface area contributed by atoms with E-state index >= 15 is 0 Å². The Morgan fingerprint density at radius 2 is 1.71 bits per heavy atom. The SMILES string of the molecule is CCOP(=O)(OCC)O/N=C/c1cc[n+](C)cc1.COS(=O)(=O)[O-]. The molecule has 0 N–H and O–H groups in total. The van der Waals surface area contributed by atoms with E-state index in [0.29, 0.717) is 0 Å². The summed E-state index contributed by atoms with van der Waals surface area (Å²) in [7, 11) is -5.26. The van der Waals surface area contributed by atoms with Crippen molar-refractivity contribution in [1.82, 2.24) is 0 Å². The highest BCUT2D eigenvalue weighted by Crippen LogP contribution is 2.49. The van der Waals surface area contributed by atoms with E-state index in [9.17, 15) is 17.5 Å². The number of aromatic nitrogens is 1. The predicted molar refractivity (Wildman–Crippen MR) is 83.9 cm³/mol. The van der Waals surface area contributed by atoms with Gasteiger partial charge in [0.15, 0.2) is 12.4 Å². The van der Waals surface area contributed by atoms with Crippen LogP contribution in [0.15, 0.2) is 29.7 Å². The van der Waals surface area contributed by atoms with Crippen molar-refractivity contribution >= 4 is 24.4 Å². The molecule has 24 heavy (non-hydrogen) atoms. The molecule has 0 saturated heterocycles. The topological polar surface area (TPSA) is 127 Å². The molecule has 0 saturated carbocycles. The predicted octanol–water partition coefficient (Wildman–Crippen LogP) is 1.14. The van der Waals surface area contributed by atoms with Gasteiger partial charge in [-0.05, 0) is 13.8 Å². The highest BCUT2D eigenvalue weighted by atomic mass is 32.3. The summed E-state index contributed by atoms with van der Waals surface area (Å²) in [6.07, 6.45) is 5.18. The Morgan fingerprint density at radius 3 is 2.08 bits per heavy atom. The van der Waals surface area contributed by atoms with E-state index in [1.807, 2.05) is 36.1 Å². The standard InChI is InChI=1S/C11H18N2O4P.CH4O4S/c1-4-15-18(14,16-5-2)17-12-10-11-6-8-13(3)9-7-11;1-5-6(2,3)4/h6-10H,4-5H2,1-3H3;1H3,(H,2,3,4)/q+1;/p-1/b12-10+;. The van der Waals surface area contributed by atoms with Gasteiger partial charge in [0.05, 0.1) is 26.5 Å². The molecule has 1 aromatic heterocycles. The normalized spacial score (nSPS) is 11.9. The van der Waals surface area contributed by atoms with Gasteiger partial charge in [0.25, 0.3) is 0 Å². The zero-order valence-electron chi connectivity index (χ0n) is 13.8. The second-order valence-electron chi connectivity index (χ2n) is 3.97. The smallest absolute Gasteiger partial charge is 0.550 e. The van der Waals surface area contributed by atoms with Gasteiger partial charge in [0, 0.05) is 17.7 Å². The molecule has 1 aromatic rings. The number of hydrogen-bond donors (Lipinski definition) is 0. The molecule has 10 nitrogen and oxygen atoms in total. The molecule has 0 aromatic carbocycles. The fraction of sp³-hybridized carbons (Fsp3) is 0.500. The van der Waals surface area contributed by atoms with Crippen LogP contribution in [0.25, 0.3) is 0 Å². The van der Waals surface area contributed by atoms with Crippen molar-refractivity contribution in [3.8, 4) is 0 Å². The van der Waals surface area contributed by atoms with Gasteiger partial charge in [0.1, 0.15) is 7.05 Å². The molecule has 0 fully saturated rings. The van der Waals surface area contributed by atoms with Crippen LogP contribution in [0.1, 0.15) is 19.4 Å². The monoisotopic (exact) mass is 384 g/mol. The summed E-state index contributed by atoms with van der Waals surface area (Å²) in [6, 6.07) is 3.69. The summed E-state index contributed by atoms with van der Waals surface area (Å²) >= 11 is 0. The molecule has 1 rings (SSSR count). The van der Waals surface area contributed by atoms with Gasteiger partial charge in [0.2, 0.25) is 10.4 Å². The van der Waals surface area contributed by atoms with Crippen molar-refractivity contribution < 1.29 is 40.0 Å². The number of hydrogen-bond acceptors (Lipinski definition) is 9. The summed E-state index contributed by atoms with van der Waals surface area (Å²) in [5.74, 6) is 0. The van der Waals surface area contributed by atoms with Gasteiger partial charge in [-0.15, -0.1) is 0 Å². The van der Waals surface area contributed by atoms with E-state index in [2.05, 4.69) is 9.34 Å². The molecule has 0 unspecified atom stereocenters. The van der Waals surface area contributed by atoms with E-state index in [1.165, 1.54) is 6.21 Å². The van der Waals surface area contributed by atoms with Crippen LogP contribution in [0.5, 0.6) is 0 Å². The number of oxime groups is 1. The molecule has 12 heteroatoms. The van der Waals surface area contributed by atoms with E-state index in [4.69, 9.17) is 13.7 Å². The molecule has 0 amide bonds. The number of phosphoric ester groups is 1. The minimum Gasteiger partial charge on any atom is -0.726 e. The van der Waals surface area contributed by atoms with E-state index in [-0.39, 0.29) is 13.2 Å². The molecule has 0 aliphatic carbocycles. The molecular formula is C12H21N2O8PS. The van der Waals surface area contributed by atoms with E-state index in [1.54, 1.807) is 13.8 Å². The number of rotatable bonds is 8. The fourth-order valence-corrected chi connectivity index (χ4v) is 2.11. The first-order chi connectivity index (χ1) is 11.2. The van der Waals surface area contributed by atoms with Crippen LogP contribution < -0.4 is 4.57 Å². The van der Waals surface area contributed by atoms with Gasteiger partial charge in [-0.2, -0.15) is 0 Å². The second kappa shape index (κ2) is 11.2. The number of phosphoric acid groups is 1. The van der Waals surface area contributed by atoms with Gasteiger partial charge in [-0.3, -0.25) is 17.9 Å². The lowest BCUT2D eigenvalue weighted by molar-refractivity contribution is -0.671. The highest BCUT2D eigenvalue weighted by Gasteiger charge is 2.26. The van der Waals surface area contributed by atoms with Gasteiger partial charge in [-0.25, -0.2) is 17.5 Å². The Kier molecular flexibility index (Phi) is 10.6. The van der Waals surface area contributed by atoms with E-state index < -0.39 is 18.2 Å². The van der Waals surface area contributed by atoms with Gasteiger partial charge >= 0.3 is 7.82 Å². The number of aryl methyl sites for hydroxylation is 1. The molecule has 0 spiro atoms.